The fraction of sp³-hybridized carbons (Fsp3) is 0.538. The van der Waals surface area contributed by atoms with Gasteiger partial charge in [0.2, 0.25) is 0 Å². The van der Waals surface area contributed by atoms with Gasteiger partial charge in [0.25, 0.3) is 0 Å². The topological polar surface area (TPSA) is 63.4 Å². The Morgan fingerprint density at radius 2 is 1.95 bits per heavy atom. The first-order valence-corrected chi connectivity index (χ1v) is 8.17. The molecule has 0 radical (unpaired) electrons. The van der Waals surface area contributed by atoms with E-state index < -0.39 is 9.84 Å². The summed E-state index contributed by atoms with van der Waals surface area (Å²) in [5, 5.41) is 0. The quantitative estimate of drug-likeness (QED) is 0.898. The number of benzene rings is 1. The minimum atomic E-state index is -2.92. The van der Waals surface area contributed by atoms with Gasteiger partial charge in [-0.05, 0) is 24.6 Å². The summed E-state index contributed by atoms with van der Waals surface area (Å²) in [6.07, 6.45) is 0. The molecule has 0 amide bonds. The lowest BCUT2D eigenvalue weighted by Gasteiger charge is -2.36. The van der Waals surface area contributed by atoms with Crippen LogP contribution in [-0.4, -0.2) is 44.0 Å². The van der Waals surface area contributed by atoms with Crippen molar-refractivity contribution in [3.8, 4) is 0 Å². The van der Waals surface area contributed by atoms with Crippen LogP contribution in [-0.2, 0) is 9.84 Å². The molecule has 1 saturated heterocycles. The first-order valence-electron chi connectivity index (χ1n) is 6.34. The predicted molar refractivity (Wildman–Crippen MR) is 73.0 cm³/mol. The summed E-state index contributed by atoms with van der Waals surface area (Å²) in [5.74, 6) is -0.00959. The lowest BCUT2D eigenvalue weighted by Crippen LogP contribution is -2.47. The third kappa shape index (κ3) is 3.52. The maximum Gasteiger partial charge on any atom is 0.152 e. The number of halogens is 1. The third-order valence-corrected chi connectivity index (χ3v) is 5.07. The molecule has 0 spiro atoms. The molecule has 6 heteroatoms. The Hall–Kier alpha value is -0.980. The van der Waals surface area contributed by atoms with Gasteiger partial charge in [-0.25, -0.2) is 12.8 Å². The highest BCUT2D eigenvalue weighted by atomic mass is 32.2. The molecule has 19 heavy (non-hydrogen) atoms. The molecule has 1 heterocycles. The average molecular weight is 286 g/mol. The molecule has 4 nitrogen and oxygen atoms in total. The van der Waals surface area contributed by atoms with Crippen molar-refractivity contribution < 1.29 is 12.8 Å². The van der Waals surface area contributed by atoms with E-state index in [-0.39, 0.29) is 29.4 Å². The van der Waals surface area contributed by atoms with Crippen LogP contribution in [0.3, 0.4) is 0 Å². The molecule has 2 rings (SSSR count). The number of hydrogen-bond acceptors (Lipinski definition) is 4. The van der Waals surface area contributed by atoms with E-state index in [1.807, 2.05) is 17.9 Å². The molecular weight excluding hydrogens is 267 g/mol. The Balaban J connectivity index is 2.22. The Morgan fingerprint density at radius 3 is 2.47 bits per heavy atom. The van der Waals surface area contributed by atoms with E-state index in [9.17, 15) is 12.8 Å². The summed E-state index contributed by atoms with van der Waals surface area (Å²) in [6.45, 7) is 2.76. The minimum absolute atomic E-state index is 0.144. The molecule has 1 aromatic carbocycles. The van der Waals surface area contributed by atoms with Crippen LogP contribution in [0.4, 0.5) is 4.39 Å². The van der Waals surface area contributed by atoms with Crippen molar-refractivity contribution in [3.05, 3.63) is 35.6 Å². The summed E-state index contributed by atoms with van der Waals surface area (Å²) in [4.78, 5) is 2.03. The van der Waals surface area contributed by atoms with Crippen LogP contribution in [0.2, 0.25) is 0 Å². The van der Waals surface area contributed by atoms with Gasteiger partial charge in [-0.1, -0.05) is 12.1 Å². The van der Waals surface area contributed by atoms with Crippen LogP contribution in [0.1, 0.15) is 18.5 Å². The SMILES string of the molecule is CC(N)C(c1cccc(F)c1)N1CCS(=O)(=O)CC1. The summed E-state index contributed by atoms with van der Waals surface area (Å²) in [6, 6.07) is 6.01. The molecule has 0 aromatic heterocycles. The van der Waals surface area contributed by atoms with Crippen molar-refractivity contribution in [2.45, 2.75) is 19.0 Å². The lowest BCUT2D eigenvalue weighted by molar-refractivity contribution is 0.191. The fourth-order valence-electron chi connectivity index (χ4n) is 2.54. The molecule has 1 fully saturated rings. The zero-order valence-corrected chi connectivity index (χ0v) is 11.7. The van der Waals surface area contributed by atoms with Crippen LogP contribution in [0.15, 0.2) is 24.3 Å². The maximum absolute atomic E-state index is 13.3. The van der Waals surface area contributed by atoms with E-state index in [1.165, 1.54) is 12.1 Å². The second-order valence-corrected chi connectivity index (χ2v) is 7.35. The summed E-state index contributed by atoms with van der Waals surface area (Å²) in [5.41, 5.74) is 6.80. The van der Waals surface area contributed by atoms with Crippen molar-refractivity contribution in [1.82, 2.24) is 4.90 Å². The van der Waals surface area contributed by atoms with Gasteiger partial charge >= 0.3 is 0 Å². The van der Waals surface area contributed by atoms with Gasteiger partial charge in [-0.2, -0.15) is 0 Å². The predicted octanol–water partition coefficient (Wildman–Crippen LogP) is 0.944. The number of sulfone groups is 1. The molecule has 0 saturated carbocycles. The molecular formula is C13H19FN2O2S. The van der Waals surface area contributed by atoms with E-state index in [0.717, 1.165) is 5.56 Å². The number of rotatable bonds is 3. The second kappa shape index (κ2) is 5.56. The van der Waals surface area contributed by atoms with Gasteiger partial charge in [-0.15, -0.1) is 0 Å². The molecule has 1 aliphatic rings. The van der Waals surface area contributed by atoms with Crippen LogP contribution < -0.4 is 5.73 Å². The van der Waals surface area contributed by atoms with Gasteiger partial charge in [0.1, 0.15) is 5.82 Å². The number of hydrogen-bond donors (Lipinski definition) is 1. The zero-order valence-electron chi connectivity index (χ0n) is 10.9. The Bertz CT molecular complexity index is 531. The summed E-state index contributed by atoms with van der Waals surface area (Å²) in [7, 11) is -2.92. The monoisotopic (exact) mass is 286 g/mol. The Morgan fingerprint density at radius 1 is 1.32 bits per heavy atom. The van der Waals surface area contributed by atoms with Gasteiger partial charge in [0, 0.05) is 25.2 Å². The molecule has 2 N–H and O–H groups in total. The van der Waals surface area contributed by atoms with E-state index in [2.05, 4.69) is 0 Å². The van der Waals surface area contributed by atoms with Crippen LogP contribution in [0.5, 0.6) is 0 Å². The fourth-order valence-corrected chi connectivity index (χ4v) is 3.77. The highest BCUT2D eigenvalue weighted by Gasteiger charge is 2.30. The van der Waals surface area contributed by atoms with Gasteiger partial charge in [-0.3, -0.25) is 4.90 Å². The van der Waals surface area contributed by atoms with Gasteiger partial charge < -0.3 is 5.73 Å². The zero-order chi connectivity index (χ0) is 14.0. The molecule has 1 aliphatic heterocycles. The van der Waals surface area contributed by atoms with Crippen molar-refractivity contribution in [1.29, 1.82) is 0 Å². The average Bonchev–Trinajstić information content (AvgIpc) is 2.31. The van der Waals surface area contributed by atoms with E-state index in [1.54, 1.807) is 6.07 Å². The normalized spacial score (nSPS) is 22.9. The van der Waals surface area contributed by atoms with E-state index in [0.29, 0.717) is 13.1 Å². The highest BCUT2D eigenvalue weighted by molar-refractivity contribution is 7.91. The maximum atomic E-state index is 13.3. The van der Waals surface area contributed by atoms with Crippen molar-refractivity contribution in [2.24, 2.45) is 5.73 Å². The largest absolute Gasteiger partial charge is 0.326 e. The highest BCUT2D eigenvalue weighted by Crippen LogP contribution is 2.25. The van der Waals surface area contributed by atoms with Crippen molar-refractivity contribution in [2.75, 3.05) is 24.6 Å². The van der Waals surface area contributed by atoms with Crippen LogP contribution >= 0.6 is 0 Å². The number of nitrogens with zero attached hydrogens (tertiary/aromatic N) is 1. The van der Waals surface area contributed by atoms with Crippen molar-refractivity contribution >= 4 is 9.84 Å². The summed E-state index contributed by atoms with van der Waals surface area (Å²) >= 11 is 0. The van der Waals surface area contributed by atoms with Crippen LogP contribution in [0, 0.1) is 5.82 Å². The van der Waals surface area contributed by atoms with Gasteiger partial charge in [0.05, 0.1) is 11.5 Å². The van der Waals surface area contributed by atoms with E-state index in [4.69, 9.17) is 5.73 Å². The Kier molecular flexibility index (Phi) is 4.23. The molecule has 0 bridgehead atoms. The second-order valence-electron chi connectivity index (χ2n) is 5.05. The summed E-state index contributed by atoms with van der Waals surface area (Å²) < 4.78 is 36.2. The molecule has 106 valence electrons. The van der Waals surface area contributed by atoms with Gasteiger partial charge in [0.15, 0.2) is 9.84 Å². The standard InChI is InChI=1S/C13H19FN2O2S/c1-10(15)13(11-3-2-4-12(14)9-11)16-5-7-19(17,18)8-6-16/h2-4,9-10,13H,5-8,15H2,1H3. The smallest absolute Gasteiger partial charge is 0.152 e. The van der Waals surface area contributed by atoms with Crippen molar-refractivity contribution in [3.63, 3.8) is 0 Å². The van der Waals surface area contributed by atoms with E-state index >= 15 is 0 Å². The third-order valence-electron chi connectivity index (χ3n) is 3.46. The first kappa shape index (κ1) is 14.4. The molecule has 2 atom stereocenters. The number of nitrogens with two attached hydrogens (primary N) is 1. The lowest BCUT2D eigenvalue weighted by atomic mass is 9.99. The minimum Gasteiger partial charge on any atom is -0.326 e. The molecule has 1 aromatic rings. The Labute approximate surface area is 113 Å². The molecule has 2 unspecified atom stereocenters. The van der Waals surface area contributed by atoms with Crippen LogP contribution in [0.25, 0.3) is 0 Å². The first-order chi connectivity index (χ1) is 8.89. The molecule has 0 aliphatic carbocycles.